The van der Waals surface area contributed by atoms with Gasteiger partial charge in [0, 0.05) is 24.1 Å². The number of ketones is 1. The highest BCUT2D eigenvalue weighted by Crippen LogP contribution is 2.28. The van der Waals surface area contributed by atoms with Crippen LogP contribution in [0.2, 0.25) is 5.02 Å². The summed E-state index contributed by atoms with van der Waals surface area (Å²) in [6.45, 7) is 7.09. The Morgan fingerprint density at radius 2 is 2.14 bits per heavy atom. The Hall–Kier alpha value is -1.04. The lowest BCUT2D eigenvalue weighted by molar-refractivity contribution is -0.123. The Balaban J connectivity index is 2.29. The number of hydrogen-bond acceptors (Lipinski definition) is 4. The summed E-state index contributed by atoms with van der Waals surface area (Å²) >= 11 is 7.50. The van der Waals surface area contributed by atoms with Crippen LogP contribution in [0, 0.1) is 5.41 Å². The predicted molar refractivity (Wildman–Crippen MR) is 91.8 cm³/mol. The van der Waals surface area contributed by atoms with Crippen LogP contribution >= 0.6 is 23.4 Å². The fourth-order valence-electron chi connectivity index (χ4n) is 1.94. The maximum Gasteiger partial charge on any atom is 0.169 e. The molecule has 2 aromatic rings. The van der Waals surface area contributed by atoms with Gasteiger partial charge in [0.1, 0.15) is 5.78 Å². The third-order valence-corrected chi connectivity index (χ3v) is 4.57. The lowest BCUT2D eigenvalue weighted by Gasteiger charge is -2.16. The lowest BCUT2D eigenvalue weighted by atomic mass is 9.92. The van der Waals surface area contributed by atoms with Crippen LogP contribution in [0.15, 0.2) is 23.4 Å². The van der Waals surface area contributed by atoms with E-state index in [1.54, 1.807) is 7.11 Å². The molecule has 2 rings (SSSR count). The van der Waals surface area contributed by atoms with E-state index < -0.39 is 0 Å². The molecule has 0 spiro atoms. The summed E-state index contributed by atoms with van der Waals surface area (Å²) in [7, 11) is 1.67. The van der Waals surface area contributed by atoms with Crippen LogP contribution in [0.25, 0.3) is 11.0 Å². The molecule has 0 amide bonds. The second-order valence-corrected chi connectivity index (χ2v) is 7.51. The Morgan fingerprint density at radius 1 is 1.41 bits per heavy atom. The average Bonchev–Trinajstić information content (AvgIpc) is 2.78. The van der Waals surface area contributed by atoms with Crippen LogP contribution in [0.4, 0.5) is 0 Å². The van der Waals surface area contributed by atoms with Crippen molar-refractivity contribution in [3.8, 4) is 0 Å². The van der Waals surface area contributed by atoms with Gasteiger partial charge in [0.05, 0.1) is 23.4 Å². The number of fused-ring (bicyclic) bond motifs is 1. The summed E-state index contributed by atoms with van der Waals surface area (Å²) in [5.74, 6) is 0.619. The topological polar surface area (TPSA) is 44.1 Å². The molecule has 0 unspecified atom stereocenters. The molecular formula is C16H21ClN2O2S. The summed E-state index contributed by atoms with van der Waals surface area (Å²) in [5, 5.41) is 1.48. The zero-order chi connectivity index (χ0) is 16.3. The first-order chi connectivity index (χ1) is 10.3. The largest absolute Gasteiger partial charge is 0.383 e. The van der Waals surface area contributed by atoms with Crippen molar-refractivity contribution < 1.29 is 9.53 Å². The second-order valence-electron chi connectivity index (χ2n) is 6.13. The Bertz CT molecular complexity index is 677. The molecule has 0 radical (unpaired) electrons. The highest BCUT2D eigenvalue weighted by molar-refractivity contribution is 7.99. The smallest absolute Gasteiger partial charge is 0.169 e. The molecule has 0 atom stereocenters. The van der Waals surface area contributed by atoms with Crippen molar-refractivity contribution >= 4 is 40.2 Å². The van der Waals surface area contributed by atoms with E-state index in [1.165, 1.54) is 11.8 Å². The van der Waals surface area contributed by atoms with Crippen LogP contribution in [0.5, 0.6) is 0 Å². The number of rotatable bonds is 6. The number of carbonyl (C=O) groups is 1. The predicted octanol–water partition coefficient (Wildman–Crippen LogP) is 4.04. The van der Waals surface area contributed by atoms with Gasteiger partial charge in [-0.05, 0) is 18.2 Å². The number of carbonyl (C=O) groups excluding carboxylic acids is 1. The summed E-state index contributed by atoms with van der Waals surface area (Å²) in [4.78, 5) is 16.7. The van der Waals surface area contributed by atoms with Gasteiger partial charge in [-0.1, -0.05) is 44.1 Å². The highest BCUT2D eigenvalue weighted by atomic mass is 35.5. The van der Waals surface area contributed by atoms with E-state index >= 15 is 0 Å². The highest BCUT2D eigenvalue weighted by Gasteiger charge is 2.22. The summed E-state index contributed by atoms with van der Waals surface area (Å²) in [6.07, 6.45) is 0. The maximum absolute atomic E-state index is 12.1. The third-order valence-electron chi connectivity index (χ3n) is 3.36. The number of benzene rings is 1. The number of thioether (sulfide) groups is 1. The zero-order valence-corrected chi connectivity index (χ0v) is 14.9. The van der Waals surface area contributed by atoms with Crippen LogP contribution in [0.1, 0.15) is 20.8 Å². The van der Waals surface area contributed by atoms with Crippen molar-refractivity contribution in [2.75, 3.05) is 19.5 Å². The molecule has 0 N–H and O–H groups in total. The van der Waals surface area contributed by atoms with Gasteiger partial charge in [0.2, 0.25) is 0 Å². The Labute approximate surface area is 140 Å². The van der Waals surface area contributed by atoms with Crippen molar-refractivity contribution in [3.05, 3.63) is 23.2 Å². The van der Waals surface area contributed by atoms with Crippen molar-refractivity contribution in [3.63, 3.8) is 0 Å². The Kier molecular flexibility index (Phi) is 5.53. The number of nitrogens with zero attached hydrogens (tertiary/aromatic N) is 2. The molecule has 0 fully saturated rings. The summed E-state index contributed by atoms with van der Waals surface area (Å²) in [6, 6.07) is 5.65. The van der Waals surface area contributed by atoms with Gasteiger partial charge < -0.3 is 9.30 Å². The van der Waals surface area contributed by atoms with Crippen molar-refractivity contribution in [1.82, 2.24) is 9.55 Å². The minimum atomic E-state index is -0.334. The van der Waals surface area contributed by atoms with E-state index in [2.05, 4.69) is 9.55 Å². The lowest BCUT2D eigenvalue weighted by Crippen LogP contribution is -2.22. The number of halogens is 1. The van der Waals surface area contributed by atoms with E-state index in [-0.39, 0.29) is 11.2 Å². The fourth-order valence-corrected chi connectivity index (χ4v) is 3.30. The standard InChI is InChI=1S/C16H21ClN2O2S/c1-16(2,3)14(20)10-22-15-18-12-9-11(17)5-6-13(12)19(15)7-8-21-4/h5-6,9H,7-8,10H2,1-4H3. The van der Waals surface area contributed by atoms with E-state index in [0.717, 1.165) is 16.2 Å². The van der Waals surface area contributed by atoms with Gasteiger partial charge in [-0.2, -0.15) is 0 Å². The second kappa shape index (κ2) is 7.02. The van der Waals surface area contributed by atoms with Gasteiger partial charge in [-0.25, -0.2) is 4.98 Å². The molecular weight excluding hydrogens is 320 g/mol. The van der Waals surface area contributed by atoms with Gasteiger partial charge >= 0.3 is 0 Å². The fraction of sp³-hybridized carbons (Fsp3) is 0.500. The molecule has 4 nitrogen and oxygen atoms in total. The van der Waals surface area contributed by atoms with Crippen LogP contribution in [-0.4, -0.2) is 34.8 Å². The van der Waals surface area contributed by atoms with Crippen LogP contribution < -0.4 is 0 Å². The van der Waals surface area contributed by atoms with E-state index in [4.69, 9.17) is 16.3 Å². The molecule has 6 heteroatoms. The minimum absolute atomic E-state index is 0.209. The molecule has 0 saturated heterocycles. The number of Topliss-reactive ketones (excluding diaryl/α,β-unsaturated/α-hetero) is 1. The van der Waals surface area contributed by atoms with E-state index in [9.17, 15) is 4.79 Å². The molecule has 0 aliphatic carbocycles. The first-order valence-electron chi connectivity index (χ1n) is 7.14. The zero-order valence-electron chi connectivity index (χ0n) is 13.4. The quantitative estimate of drug-likeness (QED) is 0.744. The minimum Gasteiger partial charge on any atom is -0.383 e. The SMILES string of the molecule is COCCn1c(SCC(=O)C(C)(C)C)nc2cc(Cl)ccc21. The molecule has 1 aromatic carbocycles. The molecule has 1 aromatic heterocycles. The molecule has 0 aliphatic heterocycles. The van der Waals surface area contributed by atoms with E-state index in [1.807, 2.05) is 39.0 Å². The maximum atomic E-state index is 12.1. The molecule has 0 aliphatic rings. The molecule has 0 bridgehead atoms. The monoisotopic (exact) mass is 340 g/mol. The molecule has 22 heavy (non-hydrogen) atoms. The van der Waals surface area contributed by atoms with Gasteiger partial charge in [0.25, 0.3) is 0 Å². The summed E-state index contributed by atoms with van der Waals surface area (Å²) in [5.41, 5.74) is 1.51. The first kappa shape index (κ1) is 17.3. The number of ether oxygens (including phenoxy) is 1. The van der Waals surface area contributed by atoms with Gasteiger partial charge in [-0.3, -0.25) is 4.79 Å². The molecule has 120 valence electrons. The molecule has 1 heterocycles. The van der Waals surface area contributed by atoms with Crippen molar-refractivity contribution in [1.29, 1.82) is 0 Å². The summed E-state index contributed by atoms with van der Waals surface area (Å²) < 4.78 is 7.25. The van der Waals surface area contributed by atoms with Crippen LogP contribution in [0.3, 0.4) is 0 Å². The third kappa shape index (κ3) is 4.03. The van der Waals surface area contributed by atoms with E-state index in [0.29, 0.717) is 23.9 Å². The number of imidazole rings is 1. The van der Waals surface area contributed by atoms with Gasteiger partial charge in [0.15, 0.2) is 5.16 Å². The number of methoxy groups -OCH3 is 1. The van der Waals surface area contributed by atoms with Gasteiger partial charge in [-0.15, -0.1) is 0 Å². The number of hydrogen-bond donors (Lipinski definition) is 0. The van der Waals surface area contributed by atoms with Crippen LogP contribution in [-0.2, 0) is 16.1 Å². The average molecular weight is 341 g/mol. The van der Waals surface area contributed by atoms with Crippen molar-refractivity contribution in [2.45, 2.75) is 32.5 Å². The Morgan fingerprint density at radius 3 is 2.77 bits per heavy atom. The first-order valence-corrected chi connectivity index (χ1v) is 8.50. The van der Waals surface area contributed by atoms with Crippen molar-refractivity contribution in [2.24, 2.45) is 5.41 Å². The number of aromatic nitrogens is 2. The molecule has 0 saturated carbocycles. The normalized spacial score (nSPS) is 12.0.